The Hall–Kier alpha value is -4.17. The van der Waals surface area contributed by atoms with Crippen LogP contribution in [-0.4, -0.2) is 0 Å². The van der Waals surface area contributed by atoms with Gasteiger partial charge in [-0.3, -0.25) is 0 Å². The smallest absolute Gasteiger partial charge is 0.207 e. The van der Waals surface area contributed by atoms with Crippen molar-refractivity contribution in [3.05, 3.63) is 150 Å². The molecule has 0 unspecified atom stereocenters. The first-order chi connectivity index (χ1) is 18.6. The van der Waals surface area contributed by atoms with E-state index < -0.39 is 0 Å². The summed E-state index contributed by atoms with van der Waals surface area (Å²) in [5, 5.41) is 1.20. The molecule has 0 saturated carbocycles. The van der Waals surface area contributed by atoms with Crippen molar-refractivity contribution in [2.75, 3.05) is 0 Å². The molecular formula is C35H23Cl2O+. The minimum atomic E-state index is 0.597. The van der Waals surface area contributed by atoms with Gasteiger partial charge in [-0.15, -0.1) is 0 Å². The molecule has 0 fully saturated rings. The molecule has 0 amide bonds. The molecule has 0 aliphatic rings. The second kappa shape index (κ2) is 10.7. The van der Waals surface area contributed by atoms with E-state index in [1.54, 1.807) is 6.07 Å². The number of benzene rings is 5. The standard InChI is InChI=1S/C35H23Cl2O/c36-31-19-20-32(33(37)23-31)30-21-34(28-15-11-26(12-16-28)24-7-3-1-4-8-24)38-35(22-30)29-17-13-27(14-18-29)25-9-5-2-6-10-25/h1-23H/q+1. The molecule has 6 aromatic rings. The van der Waals surface area contributed by atoms with Gasteiger partial charge in [-0.25, -0.2) is 4.42 Å². The second-order valence-electron chi connectivity index (χ2n) is 9.09. The Kier molecular flexibility index (Phi) is 6.79. The van der Waals surface area contributed by atoms with Crippen LogP contribution in [0.15, 0.2) is 144 Å². The predicted octanol–water partition coefficient (Wildman–Crippen LogP) is 11.2. The van der Waals surface area contributed by atoms with Crippen molar-refractivity contribution in [2.45, 2.75) is 0 Å². The normalized spacial score (nSPS) is 10.9. The molecule has 0 bridgehead atoms. The lowest BCUT2D eigenvalue weighted by Crippen LogP contribution is -1.88. The van der Waals surface area contributed by atoms with Crippen molar-refractivity contribution < 1.29 is 4.42 Å². The summed E-state index contributed by atoms with van der Waals surface area (Å²) in [7, 11) is 0. The molecule has 182 valence electrons. The van der Waals surface area contributed by atoms with Crippen LogP contribution in [0.2, 0.25) is 10.0 Å². The molecule has 0 saturated heterocycles. The maximum atomic E-state index is 6.62. The first-order valence-electron chi connectivity index (χ1n) is 12.4. The van der Waals surface area contributed by atoms with Crippen LogP contribution < -0.4 is 0 Å². The molecule has 1 nitrogen and oxygen atoms in total. The van der Waals surface area contributed by atoms with Gasteiger partial charge in [-0.05, 0) is 58.7 Å². The van der Waals surface area contributed by atoms with E-state index in [1.165, 1.54) is 11.1 Å². The SMILES string of the molecule is Clc1ccc(-c2cc(-c3ccc(-c4ccccc4)cc3)[o+]c(-c3ccc(-c4ccccc4)cc3)c2)c(Cl)c1. The van der Waals surface area contributed by atoms with Crippen LogP contribution in [0.3, 0.4) is 0 Å². The molecular weight excluding hydrogens is 507 g/mol. The fourth-order valence-corrected chi connectivity index (χ4v) is 5.10. The quantitative estimate of drug-likeness (QED) is 0.202. The first-order valence-corrected chi connectivity index (χ1v) is 13.1. The summed E-state index contributed by atoms with van der Waals surface area (Å²) in [6.07, 6.45) is 0. The van der Waals surface area contributed by atoms with Crippen LogP contribution in [-0.2, 0) is 0 Å². The van der Waals surface area contributed by atoms with Gasteiger partial charge in [0.15, 0.2) is 0 Å². The van der Waals surface area contributed by atoms with Gasteiger partial charge >= 0.3 is 11.5 Å². The molecule has 0 spiro atoms. The maximum absolute atomic E-state index is 6.62. The molecule has 0 aliphatic carbocycles. The third-order valence-corrected chi connectivity index (χ3v) is 7.14. The lowest BCUT2D eigenvalue weighted by Gasteiger charge is -2.06. The minimum absolute atomic E-state index is 0.597. The molecule has 0 radical (unpaired) electrons. The second-order valence-corrected chi connectivity index (χ2v) is 9.93. The average Bonchev–Trinajstić information content (AvgIpc) is 2.98. The molecule has 1 heterocycles. The topological polar surface area (TPSA) is 11.3 Å². The summed E-state index contributed by atoms with van der Waals surface area (Å²) in [5.41, 5.74) is 8.50. The van der Waals surface area contributed by atoms with E-state index in [0.717, 1.165) is 44.9 Å². The summed E-state index contributed by atoms with van der Waals surface area (Å²) in [6, 6.07) is 47.2. The van der Waals surface area contributed by atoms with Crippen molar-refractivity contribution in [2.24, 2.45) is 0 Å². The van der Waals surface area contributed by atoms with Crippen molar-refractivity contribution in [3.63, 3.8) is 0 Å². The average molecular weight is 530 g/mol. The van der Waals surface area contributed by atoms with Crippen molar-refractivity contribution in [3.8, 4) is 56.0 Å². The predicted molar refractivity (Wildman–Crippen MR) is 160 cm³/mol. The van der Waals surface area contributed by atoms with Gasteiger partial charge in [0.25, 0.3) is 0 Å². The van der Waals surface area contributed by atoms with Gasteiger partial charge < -0.3 is 0 Å². The number of halogens is 2. The fourth-order valence-electron chi connectivity index (χ4n) is 4.58. The van der Waals surface area contributed by atoms with E-state index in [9.17, 15) is 0 Å². The first kappa shape index (κ1) is 24.2. The zero-order chi connectivity index (χ0) is 25.9. The Morgan fingerprint density at radius 2 is 0.789 bits per heavy atom. The molecule has 0 atom stereocenters. The summed E-state index contributed by atoms with van der Waals surface area (Å²) >= 11 is 12.8. The summed E-state index contributed by atoms with van der Waals surface area (Å²) in [6.45, 7) is 0. The zero-order valence-corrected chi connectivity index (χ0v) is 22.0. The lowest BCUT2D eigenvalue weighted by molar-refractivity contribution is 0.582. The van der Waals surface area contributed by atoms with E-state index in [0.29, 0.717) is 10.0 Å². The summed E-state index contributed by atoms with van der Waals surface area (Å²) < 4.78 is 6.50. The van der Waals surface area contributed by atoms with E-state index >= 15 is 0 Å². The highest BCUT2D eigenvalue weighted by atomic mass is 35.5. The molecule has 0 N–H and O–H groups in total. The lowest BCUT2D eigenvalue weighted by atomic mass is 9.99. The van der Waals surface area contributed by atoms with Gasteiger partial charge in [0, 0.05) is 21.2 Å². The molecule has 6 rings (SSSR count). The number of hydrogen-bond acceptors (Lipinski definition) is 0. The Morgan fingerprint density at radius 1 is 0.368 bits per heavy atom. The van der Waals surface area contributed by atoms with Crippen LogP contribution in [0.4, 0.5) is 0 Å². The van der Waals surface area contributed by atoms with Gasteiger partial charge in [-0.1, -0.05) is 114 Å². The Bertz CT molecular complexity index is 1590. The molecule has 3 heteroatoms. The largest absolute Gasteiger partial charge is 0.361 e. The number of hydrogen-bond donors (Lipinski definition) is 0. The third-order valence-electron chi connectivity index (χ3n) is 6.59. The Morgan fingerprint density at radius 3 is 1.24 bits per heavy atom. The molecule has 0 aliphatic heterocycles. The Balaban J connectivity index is 1.44. The molecule has 1 aromatic heterocycles. The number of rotatable bonds is 5. The van der Waals surface area contributed by atoms with E-state index in [1.807, 2.05) is 60.7 Å². The van der Waals surface area contributed by atoms with Gasteiger partial charge in [0.2, 0.25) is 0 Å². The van der Waals surface area contributed by atoms with Crippen molar-refractivity contribution >= 4 is 23.2 Å². The summed E-state index contributed by atoms with van der Waals surface area (Å²) in [4.78, 5) is 0. The Labute approximate surface area is 232 Å². The van der Waals surface area contributed by atoms with Crippen LogP contribution in [0.5, 0.6) is 0 Å². The van der Waals surface area contributed by atoms with Gasteiger partial charge in [0.05, 0.1) is 23.3 Å². The van der Waals surface area contributed by atoms with Gasteiger partial charge in [-0.2, -0.15) is 0 Å². The van der Waals surface area contributed by atoms with E-state index in [-0.39, 0.29) is 0 Å². The van der Waals surface area contributed by atoms with E-state index in [2.05, 4.69) is 72.8 Å². The molecule has 5 aromatic carbocycles. The monoisotopic (exact) mass is 529 g/mol. The summed E-state index contributed by atoms with van der Waals surface area (Å²) in [5.74, 6) is 1.52. The van der Waals surface area contributed by atoms with Crippen LogP contribution in [0.25, 0.3) is 56.0 Å². The van der Waals surface area contributed by atoms with Crippen LogP contribution in [0.1, 0.15) is 0 Å². The highest BCUT2D eigenvalue weighted by Crippen LogP contribution is 2.37. The van der Waals surface area contributed by atoms with Gasteiger partial charge in [0.1, 0.15) is 0 Å². The fraction of sp³-hybridized carbons (Fsp3) is 0. The van der Waals surface area contributed by atoms with Crippen LogP contribution >= 0.6 is 23.2 Å². The van der Waals surface area contributed by atoms with E-state index in [4.69, 9.17) is 27.6 Å². The molecule has 38 heavy (non-hydrogen) atoms. The third kappa shape index (κ3) is 5.13. The minimum Gasteiger partial charge on any atom is -0.207 e. The van der Waals surface area contributed by atoms with Crippen molar-refractivity contribution in [1.29, 1.82) is 0 Å². The van der Waals surface area contributed by atoms with Crippen molar-refractivity contribution in [1.82, 2.24) is 0 Å². The zero-order valence-electron chi connectivity index (χ0n) is 20.4. The highest BCUT2D eigenvalue weighted by Gasteiger charge is 2.22. The maximum Gasteiger partial charge on any atom is 0.361 e. The highest BCUT2D eigenvalue weighted by molar-refractivity contribution is 6.36. The van der Waals surface area contributed by atoms with Crippen LogP contribution in [0, 0.1) is 0 Å².